The Morgan fingerprint density at radius 1 is 1.24 bits per heavy atom. The lowest BCUT2D eigenvalue weighted by molar-refractivity contribution is 0.103. The van der Waals surface area contributed by atoms with Gasteiger partial charge in [0.25, 0.3) is 0 Å². The molecular formula is C17H14BrIO2. The molecule has 2 aromatic rings. The van der Waals surface area contributed by atoms with E-state index in [2.05, 4.69) is 52.4 Å². The molecule has 0 N–H and O–H groups in total. The Morgan fingerprint density at radius 3 is 2.76 bits per heavy atom. The minimum atomic E-state index is -0.0477. The molecule has 0 amide bonds. The summed E-state index contributed by atoms with van der Waals surface area (Å²) in [6.07, 6.45) is 0. The lowest BCUT2D eigenvalue weighted by Crippen LogP contribution is -2.18. The van der Waals surface area contributed by atoms with Crippen molar-refractivity contribution < 1.29 is 9.53 Å². The van der Waals surface area contributed by atoms with Crippen LogP contribution in [0.2, 0.25) is 0 Å². The first-order valence-corrected chi connectivity index (χ1v) is 8.53. The predicted molar refractivity (Wildman–Crippen MR) is 95.3 cm³/mol. The summed E-state index contributed by atoms with van der Waals surface area (Å²) < 4.78 is 7.54. The number of hydrogen-bond donors (Lipinski definition) is 0. The van der Waals surface area contributed by atoms with Crippen LogP contribution in [0.3, 0.4) is 0 Å². The Bertz CT molecular complexity index is 738. The van der Waals surface area contributed by atoms with E-state index in [1.165, 1.54) is 0 Å². The first-order valence-electron chi connectivity index (χ1n) is 6.65. The third kappa shape index (κ3) is 2.75. The van der Waals surface area contributed by atoms with Crippen molar-refractivity contribution in [2.75, 3.05) is 6.61 Å². The Balaban J connectivity index is 2.06. The zero-order chi connectivity index (χ0) is 15.2. The second-order valence-corrected chi connectivity index (χ2v) is 7.94. The van der Waals surface area contributed by atoms with Gasteiger partial charge in [-0.2, -0.15) is 0 Å². The van der Waals surface area contributed by atoms with E-state index in [0.717, 1.165) is 19.4 Å². The van der Waals surface area contributed by atoms with E-state index in [-0.39, 0.29) is 11.2 Å². The smallest absolute Gasteiger partial charge is 0.194 e. The van der Waals surface area contributed by atoms with Crippen LogP contribution < -0.4 is 4.74 Å². The van der Waals surface area contributed by atoms with Crippen LogP contribution in [-0.2, 0) is 5.41 Å². The van der Waals surface area contributed by atoms with E-state index in [1.54, 1.807) is 0 Å². The molecule has 0 bridgehead atoms. The summed E-state index contributed by atoms with van der Waals surface area (Å²) in [5.74, 6) is 0.921. The van der Waals surface area contributed by atoms with Crippen molar-refractivity contribution in [3.63, 3.8) is 0 Å². The minimum Gasteiger partial charge on any atom is -0.492 e. The van der Waals surface area contributed by atoms with Gasteiger partial charge in [-0.05, 0) is 59.0 Å². The second-order valence-electron chi connectivity index (χ2n) is 5.84. The molecule has 0 saturated heterocycles. The molecule has 108 valence electrons. The fourth-order valence-electron chi connectivity index (χ4n) is 2.49. The highest BCUT2D eigenvalue weighted by molar-refractivity contribution is 14.1. The van der Waals surface area contributed by atoms with Crippen molar-refractivity contribution in [3.05, 3.63) is 61.1 Å². The van der Waals surface area contributed by atoms with E-state index >= 15 is 0 Å². The number of carbonyl (C=O) groups is 1. The van der Waals surface area contributed by atoms with Crippen LogP contribution in [0.4, 0.5) is 0 Å². The average Bonchev–Trinajstić information content (AvgIpc) is 2.76. The minimum absolute atomic E-state index is 0.0332. The largest absolute Gasteiger partial charge is 0.492 e. The van der Waals surface area contributed by atoms with Gasteiger partial charge in [0.1, 0.15) is 5.75 Å². The van der Waals surface area contributed by atoms with Gasteiger partial charge in [0.15, 0.2) is 5.78 Å². The molecule has 0 spiro atoms. The third-order valence-corrected chi connectivity index (χ3v) is 5.09. The molecule has 0 unspecified atom stereocenters. The fourth-order valence-corrected chi connectivity index (χ4v) is 3.41. The first kappa shape index (κ1) is 15.0. The van der Waals surface area contributed by atoms with Gasteiger partial charge in [-0.3, -0.25) is 4.79 Å². The number of ketones is 1. The molecule has 21 heavy (non-hydrogen) atoms. The molecular weight excluding hydrogens is 443 g/mol. The maximum absolute atomic E-state index is 12.8. The van der Waals surface area contributed by atoms with Gasteiger partial charge >= 0.3 is 0 Å². The van der Waals surface area contributed by atoms with Crippen LogP contribution in [0.5, 0.6) is 5.75 Å². The average molecular weight is 457 g/mol. The number of ether oxygens (including phenoxy) is 1. The lowest BCUT2D eigenvalue weighted by atomic mass is 9.85. The van der Waals surface area contributed by atoms with E-state index in [4.69, 9.17) is 4.74 Å². The molecule has 1 aliphatic rings. The van der Waals surface area contributed by atoms with Gasteiger partial charge < -0.3 is 4.74 Å². The monoisotopic (exact) mass is 456 g/mol. The summed E-state index contributed by atoms with van der Waals surface area (Å²) in [7, 11) is 0. The molecule has 0 aromatic heterocycles. The van der Waals surface area contributed by atoms with Crippen molar-refractivity contribution in [1.29, 1.82) is 0 Å². The molecule has 0 saturated carbocycles. The Hall–Kier alpha value is -0.880. The van der Waals surface area contributed by atoms with Crippen molar-refractivity contribution in [1.82, 2.24) is 0 Å². The normalized spacial score (nSPS) is 15.4. The van der Waals surface area contributed by atoms with Gasteiger partial charge in [0.05, 0.1) is 6.61 Å². The summed E-state index contributed by atoms with van der Waals surface area (Å²) in [6.45, 7) is 4.93. The van der Waals surface area contributed by atoms with Crippen LogP contribution in [0, 0.1) is 3.57 Å². The zero-order valence-corrected chi connectivity index (χ0v) is 15.5. The molecule has 0 fully saturated rings. The van der Waals surface area contributed by atoms with Gasteiger partial charge in [-0.15, -0.1) is 0 Å². The van der Waals surface area contributed by atoms with E-state index < -0.39 is 0 Å². The summed E-state index contributed by atoms with van der Waals surface area (Å²) in [5, 5.41) is 0. The highest BCUT2D eigenvalue weighted by atomic mass is 127. The molecule has 0 radical (unpaired) electrons. The molecule has 1 aliphatic heterocycles. The van der Waals surface area contributed by atoms with Crippen molar-refractivity contribution >= 4 is 44.3 Å². The molecule has 4 heteroatoms. The standard InChI is InChI=1S/C17H14BrIO2/c1-17(2)9-21-15-6-3-10(7-13(15)17)16(20)12-8-11(19)4-5-14(12)18/h3-8H,9H2,1-2H3. The number of hydrogen-bond acceptors (Lipinski definition) is 2. The van der Waals surface area contributed by atoms with Crippen molar-refractivity contribution in [2.24, 2.45) is 0 Å². The number of benzene rings is 2. The molecule has 2 aromatic carbocycles. The Morgan fingerprint density at radius 2 is 2.00 bits per heavy atom. The van der Waals surface area contributed by atoms with Gasteiger partial charge in [0, 0.05) is 30.1 Å². The van der Waals surface area contributed by atoms with E-state index in [9.17, 15) is 4.79 Å². The second kappa shape index (κ2) is 5.39. The predicted octanol–water partition coefficient (Wildman–Crippen LogP) is 4.95. The fraction of sp³-hybridized carbons (Fsp3) is 0.235. The summed E-state index contributed by atoms with van der Waals surface area (Å²) in [6, 6.07) is 11.5. The van der Waals surface area contributed by atoms with Crippen LogP contribution in [0.1, 0.15) is 35.3 Å². The quantitative estimate of drug-likeness (QED) is 0.471. The molecule has 0 aliphatic carbocycles. The van der Waals surface area contributed by atoms with Crippen LogP contribution >= 0.6 is 38.5 Å². The van der Waals surface area contributed by atoms with Gasteiger partial charge in [-0.25, -0.2) is 0 Å². The van der Waals surface area contributed by atoms with E-state index in [1.807, 2.05) is 36.4 Å². The van der Waals surface area contributed by atoms with E-state index in [0.29, 0.717) is 17.7 Å². The Kier molecular flexibility index (Phi) is 3.86. The maximum atomic E-state index is 12.8. The summed E-state index contributed by atoms with van der Waals surface area (Å²) in [4.78, 5) is 12.8. The summed E-state index contributed by atoms with van der Waals surface area (Å²) in [5.41, 5.74) is 2.46. The zero-order valence-electron chi connectivity index (χ0n) is 11.7. The first-order chi connectivity index (χ1) is 9.88. The van der Waals surface area contributed by atoms with Crippen LogP contribution in [0.15, 0.2) is 40.9 Å². The maximum Gasteiger partial charge on any atom is 0.194 e. The lowest BCUT2D eigenvalue weighted by Gasteiger charge is -2.15. The summed E-state index contributed by atoms with van der Waals surface area (Å²) >= 11 is 5.68. The SMILES string of the molecule is CC1(C)COc2ccc(C(=O)c3cc(I)ccc3Br)cc21. The molecule has 0 atom stereocenters. The number of rotatable bonds is 2. The number of carbonyl (C=O) groups excluding carboxylic acids is 1. The van der Waals surface area contributed by atoms with Crippen molar-refractivity contribution in [2.45, 2.75) is 19.3 Å². The molecule has 2 nitrogen and oxygen atoms in total. The molecule has 1 heterocycles. The molecule has 3 rings (SSSR count). The number of halogens is 2. The third-order valence-electron chi connectivity index (χ3n) is 3.73. The Labute approximate surface area is 146 Å². The van der Waals surface area contributed by atoms with Crippen LogP contribution in [-0.4, -0.2) is 12.4 Å². The number of fused-ring (bicyclic) bond motifs is 1. The van der Waals surface area contributed by atoms with Gasteiger partial charge in [0.2, 0.25) is 0 Å². The topological polar surface area (TPSA) is 26.3 Å². The highest BCUT2D eigenvalue weighted by Gasteiger charge is 2.32. The van der Waals surface area contributed by atoms with Crippen molar-refractivity contribution in [3.8, 4) is 5.75 Å². The van der Waals surface area contributed by atoms with Crippen LogP contribution in [0.25, 0.3) is 0 Å². The van der Waals surface area contributed by atoms with Gasteiger partial charge in [-0.1, -0.05) is 29.8 Å². The highest BCUT2D eigenvalue weighted by Crippen LogP contribution is 2.39.